The molecule has 1 saturated heterocycles. The van der Waals surface area contributed by atoms with Gasteiger partial charge < -0.3 is 5.32 Å². The first-order chi connectivity index (χ1) is 9.63. The summed E-state index contributed by atoms with van der Waals surface area (Å²) in [5, 5.41) is 3.21. The zero-order valence-corrected chi connectivity index (χ0v) is 11.3. The van der Waals surface area contributed by atoms with Crippen molar-refractivity contribution in [2.75, 3.05) is 26.2 Å². The van der Waals surface area contributed by atoms with E-state index in [2.05, 4.69) is 11.9 Å². The predicted octanol–water partition coefficient (Wildman–Crippen LogP) is 3.02. The Morgan fingerprint density at radius 3 is 2.35 bits per heavy atom. The maximum atomic E-state index is 14.0. The first-order valence-electron chi connectivity index (χ1n) is 6.83. The van der Waals surface area contributed by atoms with E-state index >= 15 is 0 Å². The normalized spacial score (nSPS) is 17.9. The molecular formula is C15H19F3N2. The molecule has 2 nitrogen and oxygen atoms in total. The largest absolute Gasteiger partial charge is 0.314 e. The fourth-order valence-corrected chi connectivity index (χ4v) is 2.65. The van der Waals surface area contributed by atoms with Crippen molar-refractivity contribution in [1.82, 2.24) is 10.2 Å². The molecule has 1 aliphatic heterocycles. The van der Waals surface area contributed by atoms with E-state index in [1.807, 2.05) is 4.90 Å². The third kappa shape index (κ3) is 3.41. The lowest BCUT2D eigenvalue weighted by Gasteiger charge is -2.35. The highest BCUT2D eigenvalue weighted by Crippen LogP contribution is 2.31. The Bertz CT molecular complexity index is 447. The first kappa shape index (κ1) is 15.1. The molecule has 20 heavy (non-hydrogen) atoms. The summed E-state index contributed by atoms with van der Waals surface area (Å²) in [6, 6.07) is 1.12. The summed E-state index contributed by atoms with van der Waals surface area (Å²) in [7, 11) is 0. The smallest absolute Gasteiger partial charge is 0.133 e. The van der Waals surface area contributed by atoms with Gasteiger partial charge in [0.15, 0.2) is 0 Å². The molecule has 5 heteroatoms. The van der Waals surface area contributed by atoms with Crippen molar-refractivity contribution in [3.05, 3.63) is 47.8 Å². The summed E-state index contributed by atoms with van der Waals surface area (Å²) in [6.45, 7) is 6.67. The van der Waals surface area contributed by atoms with E-state index in [0.29, 0.717) is 12.8 Å². The predicted molar refractivity (Wildman–Crippen MR) is 72.9 cm³/mol. The lowest BCUT2D eigenvalue weighted by Crippen LogP contribution is -2.45. The third-order valence-electron chi connectivity index (χ3n) is 3.61. The number of halogens is 3. The van der Waals surface area contributed by atoms with Crippen LogP contribution in [-0.4, -0.2) is 31.1 Å². The van der Waals surface area contributed by atoms with Gasteiger partial charge in [0.25, 0.3) is 0 Å². The maximum absolute atomic E-state index is 14.0. The molecule has 0 aromatic heterocycles. The molecular weight excluding hydrogens is 265 g/mol. The van der Waals surface area contributed by atoms with Gasteiger partial charge in [-0.05, 0) is 12.8 Å². The van der Waals surface area contributed by atoms with E-state index in [4.69, 9.17) is 0 Å². The van der Waals surface area contributed by atoms with Gasteiger partial charge in [0.1, 0.15) is 17.5 Å². The zero-order valence-electron chi connectivity index (χ0n) is 11.3. The van der Waals surface area contributed by atoms with Crippen LogP contribution in [0.4, 0.5) is 13.2 Å². The standard InChI is InChI=1S/C15H19F3N2/c1-2-3-4-14(20-7-5-19-6-8-20)15-12(17)9-11(16)10-13(15)18/h2,9-10,14,19H,1,3-8H2/t14-/m0/s1. The van der Waals surface area contributed by atoms with Crippen molar-refractivity contribution in [2.24, 2.45) is 0 Å². The minimum absolute atomic E-state index is 0.0323. The Balaban J connectivity index is 2.32. The number of allylic oxidation sites excluding steroid dienone is 1. The summed E-state index contributed by atoms with van der Waals surface area (Å²) in [5.74, 6) is -2.50. The summed E-state index contributed by atoms with van der Waals surface area (Å²) in [6.07, 6.45) is 2.96. The monoisotopic (exact) mass is 284 g/mol. The second-order valence-corrected chi connectivity index (χ2v) is 4.95. The van der Waals surface area contributed by atoms with E-state index in [9.17, 15) is 13.2 Å². The molecule has 0 bridgehead atoms. The van der Waals surface area contributed by atoms with Gasteiger partial charge in [0.2, 0.25) is 0 Å². The van der Waals surface area contributed by atoms with Crippen LogP contribution in [0.1, 0.15) is 24.4 Å². The lowest BCUT2D eigenvalue weighted by atomic mass is 9.98. The highest BCUT2D eigenvalue weighted by Gasteiger charge is 2.27. The van der Waals surface area contributed by atoms with Crippen LogP contribution in [0.25, 0.3) is 0 Å². The van der Waals surface area contributed by atoms with Gasteiger partial charge in [0.05, 0.1) is 0 Å². The van der Waals surface area contributed by atoms with Crippen molar-refractivity contribution in [3.8, 4) is 0 Å². The Labute approximate surface area is 117 Å². The van der Waals surface area contributed by atoms with Crippen LogP contribution < -0.4 is 5.32 Å². The molecule has 0 aliphatic carbocycles. The molecule has 0 spiro atoms. The molecule has 110 valence electrons. The molecule has 1 aromatic rings. The van der Waals surface area contributed by atoms with Crippen LogP contribution in [0.5, 0.6) is 0 Å². The fourth-order valence-electron chi connectivity index (χ4n) is 2.65. The molecule has 1 aromatic carbocycles. The number of nitrogens with zero attached hydrogens (tertiary/aromatic N) is 1. The van der Waals surface area contributed by atoms with Crippen molar-refractivity contribution in [3.63, 3.8) is 0 Å². The summed E-state index contributed by atoms with van der Waals surface area (Å²) >= 11 is 0. The summed E-state index contributed by atoms with van der Waals surface area (Å²) in [5.41, 5.74) is -0.0323. The molecule has 2 rings (SSSR count). The van der Waals surface area contributed by atoms with Crippen molar-refractivity contribution in [2.45, 2.75) is 18.9 Å². The van der Waals surface area contributed by atoms with Crippen molar-refractivity contribution < 1.29 is 13.2 Å². The van der Waals surface area contributed by atoms with Crippen LogP contribution in [-0.2, 0) is 0 Å². The molecule has 1 atom stereocenters. The zero-order chi connectivity index (χ0) is 14.5. The number of rotatable bonds is 5. The fraction of sp³-hybridized carbons (Fsp3) is 0.467. The van der Waals surface area contributed by atoms with E-state index in [1.54, 1.807) is 6.08 Å². The quantitative estimate of drug-likeness (QED) is 0.836. The lowest BCUT2D eigenvalue weighted by molar-refractivity contribution is 0.159. The number of hydrogen-bond donors (Lipinski definition) is 1. The Morgan fingerprint density at radius 1 is 1.20 bits per heavy atom. The van der Waals surface area contributed by atoms with Gasteiger partial charge in [-0.3, -0.25) is 4.90 Å². The highest BCUT2D eigenvalue weighted by atomic mass is 19.1. The van der Waals surface area contributed by atoms with Gasteiger partial charge in [-0.2, -0.15) is 0 Å². The molecule has 1 fully saturated rings. The number of benzene rings is 1. The molecule has 1 aliphatic rings. The van der Waals surface area contributed by atoms with E-state index < -0.39 is 17.5 Å². The van der Waals surface area contributed by atoms with Crippen molar-refractivity contribution >= 4 is 0 Å². The SMILES string of the molecule is C=CCC[C@@H](c1c(F)cc(F)cc1F)N1CCNCC1. The minimum Gasteiger partial charge on any atom is -0.314 e. The molecule has 0 radical (unpaired) electrons. The molecule has 0 unspecified atom stereocenters. The van der Waals surface area contributed by atoms with Gasteiger partial charge in [-0.15, -0.1) is 6.58 Å². The molecule has 1 heterocycles. The first-order valence-corrected chi connectivity index (χ1v) is 6.83. The van der Waals surface area contributed by atoms with Crippen LogP contribution >= 0.6 is 0 Å². The summed E-state index contributed by atoms with van der Waals surface area (Å²) in [4.78, 5) is 2.04. The van der Waals surface area contributed by atoms with E-state index in [0.717, 1.165) is 38.3 Å². The Morgan fingerprint density at radius 2 is 1.80 bits per heavy atom. The third-order valence-corrected chi connectivity index (χ3v) is 3.61. The van der Waals surface area contributed by atoms with Crippen LogP contribution in [0.15, 0.2) is 24.8 Å². The van der Waals surface area contributed by atoms with Gasteiger partial charge in [0, 0.05) is 49.9 Å². The van der Waals surface area contributed by atoms with Gasteiger partial charge >= 0.3 is 0 Å². The van der Waals surface area contributed by atoms with Gasteiger partial charge in [-0.25, -0.2) is 13.2 Å². The highest BCUT2D eigenvalue weighted by molar-refractivity contribution is 5.24. The van der Waals surface area contributed by atoms with Crippen LogP contribution in [0.3, 0.4) is 0 Å². The van der Waals surface area contributed by atoms with Gasteiger partial charge in [-0.1, -0.05) is 6.08 Å². The van der Waals surface area contributed by atoms with E-state index in [1.165, 1.54) is 0 Å². The van der Waals surface area contributed by atoms with Crippen molar-refractivity contribution in [1.29, 1.82) is 0 Å². The maximum Gasteiger partial charge on any atom is 0.133 e. The Hall–Kier alpha value is -1.33. The molecule has 1 N–H and O–H groups in total. The van der Waals surface area contributed by atoms with Crippen LogP contribution in [0, 0.1) is 17.5 Å². The van der Waals surface area contributed by atoms with E-state index in [-0.39, 0.29) is 11.6 Å². The second-order valence-electron chi connectivity index (χ2n) is 4.95. The second kappa shape index (κ2) is 6.90. The number of hydrogen-bond acceptors (Lipinski definition) is 2. The Kier molecular flexibility index (Phi) is 5.20. The number of nitrogens with one attached hydrogen (secondary N) is 1. The van der Waals surface area contributed by atoms with Crippen LogP contribution in [0.2, 0.25) is 0 Å². The molecule has 0 saturated carbocycles. The topological polar surface area (TPSA) is 15.3 Å². The number of piperazine rings is 1. The average Bonchev–Trinajstić information content (AvgIpc) is 2.42. The molecule has 0 amide bonds. The summed E-state index contributed by atoms with van der Waals surface area (Å²) < 4.78 is 41.0. The average molecular weight is 284 g/mol. The minimum atomic E-state index is -0.883.